The van der Waals surface area contributed by atoms with Crippen molar-refractivity contribution in [1.82, 2.24) is 9.80 Å². The second-order valence-electron chi connectivity index (χ2n) is 6.46. The van der Waals surface area contributed by atoms with Gasteiger partial charge in [-0.25, -0.2) is 0 Å². The van der Waals surface area contributed by atoms with Crippen LogP contribution in [0.5, 0.6) is 0 Å². The topological polar surface area (TPSA) is 35.6 Å². The number of aryl methyl sites for hydroxylation is 1. The van der Waals surface area contributed by atoms with Gasteiger partial charge in [-0.1, -0.05) is 41.9 Å². The maximum atomic E-state index is 12.4. The number of benzene rings is 2. The maximum Gasteiger partial charge on any atom is 0.241 e. The van der Waals surface area contributed by atoms with Crippen LogP contribution in [-0.4, -0.2) is 48.4 Å². The van der Waals surface area contributed by atoms with Crippen LogP contribution in [0.15, 0.2) is 48.5 Å². The molecule has 0 saturated carbocycles. The molecule has 1 amide bonds. The molecule has 2 aromatic rings. The molecule has 4 nitrogen and oxygen atoms in total. The van der Waals surface area contributed by atoms with Gasteiger partial charge in [-0.3, -0.25) is 9.69 Å². The summed E-state index contributed by atoms with van der Waals surface area (Å²) in [5.41, 5.74) is 3.33. The Morgan fingerprint density at radius 3 is 2.48 bits per heavy atom. The summed E-state index contributed by atoms with van der Waals surface area (Å²) in [6, 6.07) is 16.1. The van der Waals surface area contributed by atoms with Crippen molar-refractivity contribution in [1.29, 1.82) is 0 Å². The normalized spacial score (nSPS) is 15.2. The lowest BCUT2D eigenvalue weighted by atomic mass is 10.2. The summed E-state index contributed by atoms with van der Waals surface area (Å²) in [6.07, 6.45) is 0. The second kappa shape index (κ2) is 8.37. The fourth-order valence-electron chi connectivity index (χ4n) is 3.11. The van der Waals surface area contributed by atoms with Crippen molar-refractivity contribution >= 4 is 23.2 Å². The van der Waals surface area contributed by atoms with Crippen molar-refractivity contribution in [3.63, 3.8) is 0 Å². The van der Waals surface area contributed by atoms with Crippen LogP contribution < -0.4 is 5.32 Å². The number of amides is 1. The molecular weight excluding hydrogens is 334 g/mol. The van der Waals surface area contributed by atoms with Gasteiger partial charge in [0.05, 0.1) is 6.54 Å². The summed E-state index contributed by atoms with van der Waals surface area (Å²) in [5.74, 6) is 0.147. The van der Waals surface area contributed by atoms with Crippen molar-refractivity contribution in [3.8, 4) is 0 Å². The summed E-state index contributed by atoms with van der Waals surface area (Å²) in [7, 11) is 0. The molecule has 1 fully saturated rings. The second-order valence-corrected chi connectivity index (χ2v) is 6.89. The number of carbonyl (C=O) groups is 1. The van der Waals surface area contributed by atoms with Crippen LogP contribution in [0, 0.1) is 6.92 Å². The third-order valence-corrected chi connectivity index (χ3v) is 4.83. The molecule has 0 radical (unpaired) electrons. The molecule has 2 aromatic carbocycles. The zero-order valence-electron chi connectivity index (χ0n) is 14.5. The largest absolute Gasteiger partial charge is 0.376 e. The predicted molar refractivity (Wildman–Crippen MR) is 103 cm³/mol. The molecule has 5 heteroatoms. The lowest BCUT2D eigenvalue weighted by Crippen LogP contribution is -2.49. The van der Waals surface area contributed by atoms with Gasteiger partial charge in [0.1, 0.15) is 0 Å². The first kappa shape index (κ1) is 17.8. The van der Waals surface area contributed by atoms with Gasteiger partial charge in [0.15, 0.2) is 0 Å². The molecular formula is C20H24ClN3O. The Bertz CT molecular complexity index is 712. The minimum Gasteiger partial charge on any atom is -0.376 e. The van der Waals surface area contributed by atoms with Gasteiger partial charge in [0.2, 0.25) is 5.91 Å². The lowest BCUT2D eigenvalue weighted by molar-refractivity contribution is -0.131. The van der Waals surface area contributed by atoms with Crippen molar-refractivity contribution in [2.45, 2.75) is 13.5 Å². The van der Waals surface area contributed by atoms with E-state index in [1.807, 2.05) is 36.1 Å². The third-order valence-electron chi connectivity index (χ3n) is 4.59. The number of nitrogens with one attached hydrogen (secondary N) is 1. The average molecular weight is 358 g/mol. The molecule has 1 heterocycles. The van der Waals surface area contributed by atoms with Crippen molar-refractivity contribution in [3.05, 3.63) is 64.7 Å². The molecule has 3 rings (SSSR count). The van der Waals surface area contributed by atoms with E-state index >= 15 is 0 Å². The summed E-state index contributed by atoms with van der Waals surface area (Å²) >= 11 is 5.97. The molecule has 1 aliphatic heterocycles. The smallest absolute Gasteiger partial charge is 0.241 e. The number of hydrogen-bond donors (Lipinski definition) is 1. The van der Waals surface area contributed by atoms with Gasteiger partial charge in [-0.15, -0.1) is 0 Å². The number of anilines is 1. The van der Waals surface area contributed by atoms with Crippen LogP contribution >= 0.6 is 11.6 Å². The van der Waals surface area contributed by atoms with E-state index in [2.05, 4.69) is 34.5 Å². The first-order valence-electron chi connectivity index (χ1n) is 8.66. The fourth-order valence-corrected chi connectivity index (χ4v) is 3.33. The number of carbonyl (C=O) groups excluding carboxylic acids is 1. The Morgan fingerprint density at radius 2 is 1.80 bits per heavy atom. The molecule has 1 aliphatic rings. The van der Waals surface area contributed by atoms with Gasteiger partial charge in [0.25, 0.3) is 0 Å². The van der Waals surface area contributed by atoms with Crippen LogP contribution in [0.3, 0.4) is 0 Å². The summed E-state index contributed by atoms with van der Waals surface area (Å²) < 4.78 is 0. The zero-order valence-corrected chi connectivity index (χ0v) is 15.3. The number of nitrogens with zero attached hydrogens (tertiary/aromatic N) is 2. The van der Waals surface area contributed by atoms with E-state index in [1.54, 1.807) is 0 Å². The highest BCUT2D eigenvalue weighted by Gasteiger charge is 2.20. The molecule has 1 saturated heterocycles. The number of hydrogen-bond acceptors (Lipinski definition) is 3. The number of rotatable bonds is 5. The average Bonchev–Trinajstić information content (AvgIpc) is 2.62. The first-order chi connectivity index (χ1) is 12.1. The molecule has 0 atom stereocenters. The van der Waals surface area contributed by atoms with Gasteiger partial charge in [-0.2, -0.15) is 0 Å². The maximum absolute atomic E-state index is 12.4. The monoisotopic (exact) mass is 357 g/mol. The fraction of sp³-hybridized carbons (Fsp3) is 0.350. The molecule has 132 valence electrons. The first-order valence-corrected chi connectivity index (χ1v) is 9.04. The van der Waals surface area contributed by atoms with Crippen LogP contribution in [0.25, 0.3) is 0 Å². The summed E-state index contributed by atoms with van der Waals surface area (Å²) in [6.45, 7) is 6.66. The van der Waals surface area contributed by atoms with Crippen LogP contribution in [0.2, 0.25) is 5.02 Å². The minimum absolute atomic E-state index is 0.147. The van der Waals surface area contributed by atoms with Gasteiger partial charge in [0, 0.05) is 43.4 Å². The number of halogens is 1. The highest BCUT2D eigenvalue weighted by Crippen LogP contribution is 2.19. The quantitative estimate of drug-likeness (QED) is 0.890. The standard InChI is InChI=1S/C20H24ClN3O/c1-16-13-18(21)7-8-19(16)22-14-20(25)24-11-9-23(10-12-24)15-17-5-3-2-4-6-17/h2-8,13,22H,9-12,14-15H2,1H3. The zero-order chi connectivity index (χ0) is 17.6. The van der Waals surface area contributed by atoms with Crippen LogP contribution in [-0.2, 0) is 11.3 Å². The van der Waals surface area contributed by atoms with Crippen LogP contribution in [0.4, 0.5) is 5.69 Å². The highest BCUT2D eigenvalue weighted by molar-refractivity contribution is 6.30. The SMILES string of the molecule is Cc1cc(Cl)ccc1NCC(=O)N1CCN(Cc2ccccc2)CC1. The van der Waals surface area contributed by atoms with E-state index in [0.717, 1.165) is 44.0 Å². The van der Waals surface area contributed by atoms with E-state index in [1.165, 1.54) is 5.56 Å². The van der Waals surface area contributed by atoms with E-state index in [-0.39, 0.29) is 5.91 Å². The molecule has 0 aromatic heterocycles. The Morgan fingerprint density at radius 1 is 1.08 bits per heavy atom. The van der Waals surface area contributed by atoms with E-state index < -0.39 is 0 Å². The van der Waals surface area contributed by atoms with Gasteiger partial charge in [-0.05, 0) is 36.2 Å². The van der Waals surface area contributed by atoms with Crippen LogP contribution in [0.1, 0.15) is 11.1 Å². The summed E-state index contributed by atoms with van der Waals surface area (Å²) in [4.78, 5) is 16.8. The van der Waals surface area contributed by atoms with Crippen molar-refractivity contribution in [2.24, 2.45) is 0 Å². The Balaban J connectivity index is 1.45. The third kappa shape index (κ3) is 4.97. The van der Waals surface area contributed by atoms with E-state index in [4.69, 9.17) is 11.6 Å². The predicted octanol–water partition coefficient (Wildman–Crippen LogP) is 3.40. The van der Waals surface area contributed by atoms with E-state index in [9.17, 15) is 4.79 Å². The Hall–Kier alpha value is -2.04. The van der Waals surface area contributed by atoms with Gasteiger partial charge >= 0.3 is 0 Å². The van der Waals surface area contributed by atoms with Crippen molar-refractivity contribution < 1.29 is 4.79 Å². The molecule has 0 spiro atoms. The van der Waals surface area contributed by atoms with E-state index in [0.29, 0.717) is 11.6 Å². The van der Waals surface area contributed by atoms with Crippen molar-refractivity contribution in [2.75, 3.05) is 38.0 Å². The summed E-state index contributed by atoms with van der Waals surface area (Å²) in [5, 5.41) is 3.94. The van der Waals surface area contributed by atoms with Gasteiger partial charge < -0.3 is 10.2 Å². The Labute approximate surface area is 154 Å². The molecule has 0 aliphatic carbocycles. The molecule has 1 N–H and O–H groups in total. The number of piperazine rings is 1. The molecule has 0 unspecified atom stereocenters. The Kier molecular flexibility index (Phi) is 5.95. The molecule has 0 bridgehead atoms. The minimum atomic E-state index is 0.147. The molecule has 25 heavy (non-hydrogen) atoms. The highest BCUT2D eigenvalue weighted by atomic mass is 35.5. The lowest BCUT2D eigenvalue weighted by Gasteiger charge is -2.35.